The highest BCUT2D eigenvalue weighted by Gasteiger charge is 2.17. The lowest BCUT2D eigenvalue weighted by atomic mass is 9.89. The first kappa shape index (κ1) is 18.0. The van der Waals surface area contributed by atoms with Crippen molar-refractivity contribution in [3.8, 4) is 5.75 Å². The molecular formula is C16H23NO5. The average Bonchev–Trinajstić information content (AvgIpc) is 2.51. The maximum Gasteiger partial charge on any atom is 0.412 e. The summed E-state index contributed by atoms with van der Waals surface area (Å²) in [4.78, 5) is 23.3. The number of ether oxygens (including phenoxy) is 2. The first-order valence-corrected chi connectivity index (χ1v) is 7.13. The summed E-state index contributed by atoms with van der Waals surface area (Å²) in [5.74, 6) is -0.407. The van der Waals surface area contributed by atoms with E-state index in [4.69, 9.17) is 9.84 Å². The summed E-state index contributed by atoms with van der Waals surface area (Å²) in [6, 6.07) is 6.38. The van der Waals surface area contributed by atoms with Crippen molar-refractivity contribution in [1.82, 2.24) is 5.32 Å². The van der Waals surface area contributed by atoms with Crippen LogP contribution in [0.25, 0.3) is 0 Å². The van der Waals surface area contributed by atoms with Crippen molar-refractivity contribution < 1.29 is 24.2 Å². The standard InChI is InChI=1S/C16H23NO5/c1-16(2,11-18)9-6-10-17-15(20)22-13-8-5-4-7-12(13)14(19)21-3/h4-5,7-8,18H,6,9-11H2,1-3H3,(H,17,20). The van der Waals surface area contributed by atoms with Crippen LogP contribution < -0.4 is 10.1 Å². The smallest absolute Gasteiger partial charge is 0.412 e. The molecule has 0 heterocycles. The van der Waals surface area contributed by atoms with E-state index in [0.717, 1.165) is 12.8 Å². The topological polar surface area (TPSA) is 84.9 Å². The van der Waals surface area contributed by atoms with E-state index >= 15 is 0 Å². The maximum atomic E-state index is 11.7. The molecule has 2 N–H and O–H groups in total. The molecule has 0 saturated heterocycles. The molecule has 1 amide bonds. The van der Waals surface area contributed by atoms with Crippen LogP contribution in [-0.2, 0) is 4.74 Å². The van der Waals surface area contributed by atoms with Gasteiger partial charge in [0.15, 0.2) is 0 Å². The number of aliphatic hydroxyl groups excluding tert-OH is 1. The minimum Gasteiger partial charge on any atom is -0.465 e. The normalized spacial score (nSPS) is 10.9. The second-order valence-electron chi connectivity index (χ2n) is 5.73. The Balaban J connectivity index is 2.48. The molecule has 6 nitrogen and oxygen atoms in total. The van der Waals surface area contributed by atoms with Gasteiger partial charge in [0.25, 0.3) is 0 Å². The Kier molecular flexibility index (Phi) is 6.85. The zero-order valence-corrected chi connectivity index (χ0v) is 13.2. The minimum absolute atomic E-state index is 0.101. The van der Waals surface area contributed by atoms with Gasteiger partial charge in [0.2, 0.25) is 0 Å². The van der Waals surface area contributed by atoms with Gasteiger partial charge in [0.1, 0.15) is 11.3 Å². The molecule has 1 aromatic rings. The SMILES string of the molecule is COC(=O)c1ccccc1OC(=O)NCCCC(C)(C)CO. The predicted molar refractivity (Wildman–Crippen MR) is 81.9 cm³/mol. The number of benzene rings is 1. The van der Waals surface area contributed by atoms with Crippen molar-refractivity contribution in [2.45, 2.75) is 26.7 Å². The molecule has 1 rings (SSSR count). The van der Waals surface area contributed by atoms with Crippen LogP contribution in [0.15, 0.2) is 24.3 Å². The number of carbonyl (C=O) groups excluding carboxylic acids is 2. The van der Waals surface area contributed by atoms with Gasteiger partial charge in [0, 0.05) is 13.2 Å². The number of carbonyl (C=O) groups is 2. The Morgan fingerprint density at radius 3 is 2.59 bits per heavy atom. The third-order valence-electron chi connectivity index (χ3n) is 3.22. The van der Waals surface area contributed by atoms with Gasteiger partial charge in [-0.2, -0.15) is 0 Å². The maximum absolute atomic E-state index is 11.7. The highest BCUT2D eigenvalue weighted by Crippen LogP contribution is 2.21. The predicted octanol–water partition coefficient (Wildman–Crippen LogP) is 2.36. The number of rotatable bonds is 7. The van der Waals surface area contributed by atoms with Crippen LogP contribution in [0.3, 0.4) is 0 Å². The Labute approximate surface area is 130 Å². The Bertz CT molecular complexity index is 513. The zero-order valence-electron chi connectivity index (χ0n) is 13.2. The second kappa shape index (κ2) is 8.38. The van der Waals surface area contributed by atoms with Crippen molar-refractivity contribution in [2.24, 2.45) is 5.41 Å². The number of nitrogens with one attached hydrogen (secondary N) is 1. The van der Waals surface area contributed by atoms with Crippen LogP contribution in [0.2, 0.25) is 0 Å². The van der Waals surface area contributed by atoms with Crippen molar-refractivity contribution in [2.75, 3.05) is 20.3 Å². The van der Waals surface area contributed by atoms with E-state index in [2.05, 4.69) is 10.1 Å². The molecule has 0 unspecified atom stereocenters. The van der Waals surface area contributed by atoms with Gasteiger partial charge >= 0.3 is 12.1 Å². The van der Waals surface area contributed by atoms with E-state index in [1.165, 1.54) is 19.2 Å². The van der Waals surface area contributed by atoms with E-state index in [9.17, 15) is 9.59 Å². The molecule has 0 spiro atoms. The van der Waals surface area contributed by atoms with E-state index < -0.39 is 12.1 Å². The van der Waals surface area contributed by atoms with Crippen molar-refractivity contribution in [3.63, 3.8) is 0 Å². The number of hydrogen-bond donors (Lipinski definition) is 2. The van der Waals surface area contributed by atoms with Crippen LogP contribution in [0.1, 0.15) is 37.0 Å². The number of esters is 1. The molecule has 0 saturated carbocycles. The third-order valence-corrected chi connectivity index (χ3v) is 3.22. The molecule has 0 fully saturated rings. The van der Waals surface area contributed by atoms with Crippen LogP contribution in [-0.4, -0.2) is 37.4 Å². The van der Waals surface area contributed by atoms with Crippen LogP contribution in [0.5, 0.6) is 5.75 Å². The molecule has 0 radical (unpaired) electrons. The van der Waals surface area contributed by atoms with Crippen molar-refractivity contribution in [1.29, 1.82) is 0 Å². The van der Waals surface area contributed by atoms with Crippen molar-refractivity contribution in [3.05, 3.63) is 29.8 Å². The number of hydrogen-bond acceptors (Lipinski definition) is 5. The molecule has 0 aliphatic heterocycles. The monoisotopic (exact) mass is 309 g/mol. The summed E-state index contributed by atoms with van der Waals surface area (Å²) in [6.45, 7) is 4.45. The largest absolute Gasteiger partial charge is 0.465 e. The quantitative estimate of drug-likeness (QED) is 0.596. The van der Waals surface area contributed by atoms with E-state index in [0.29, 0.717) is 6.54 Å². The van der Waals surface area contributed by atoms with Gasteiger partial charge in [-0.3, -0.25) is 0 Å². The van der Waals surface area contributed by atoms with Gasteiger partial charge in [-0.25, -0.2) is 9.59 Å². The number of para-hydroxylation sites is 1. The fourth-order valence-corrected chi connectivity index (χ4v) is 1.81. The first-order valence-electron chi connectivity index (χ1n) is 7.13. The van der Waals surface area contributed by atoms with E-state index in [1.807, 2.05) is 13.8 Å². The van der Waals surface area contributed by atoms with Crippen molar-refractivity contribution >= 4 is 12.1 Å². The molecule has 0 bridgehead atoms. The van der Waals surface area contributed by atoms with Gasteiger partial charge in [-0.1, -0.05) is 26.0 Å². The first-order chi connectivity index (χ1) is 10.4. The molecule has 6 heteroatoms. The van der Waals surface area contributed by atoms with Gasteiger partial charge in [0.05, 0.1) is 7.11 Å². The fourth-order valence-electron chi connectivity index (χ4n) is 1.81. The molecule has 0 atom stereocenters. The summed E-state index contributed by atoms with van der Waals surface area (Å²) in [5, 5.41) is 11.8. The van der Waals surface area contributed by atoms with Crippen LogP contribution in [0.4, 0.5) is 4.79 Å². The molecule has 0 aliphatic rings. The van der Waals surface area contributed by atoms with Gasteiger partial charge in [-0.05, 0) is 30.4 Å². The highest BCUT2D eigenvalue weighted by atomic mass is 16.6. The summed E-state index contributed by atoms with van der Waals surface area (Å²) >= 11 is 0. The number of amides is 1. The summed E-state index contributed by atoms with van der Waals surface area (Å²) in [7, 11) is 1.27. The molecular weight excluding hydrogens is 286 g/mol. The van der Waals surface area contributed by atoms with E-state index in [-0.39, 0.29) is 23.3 Å². The Hall–Kier alpha value is -2.08. The molecule has 22 heavy (non-hydrogen) atoms. The van der Waals surface area contributed by atoms with Crippen LogP contribution >= 0.6 is 0 Å². The summed E-state index contributed by atoms with van der Waals surface area (Å²) < 4.78 is 9.76. The molecule has 122 valence electrons. The fraction of sp³-hybridized carbons (Fsp3) is 0.500. The summed E-state index contributed by atoms with van der Waals surface area (Å²) in [6.07, 6.45) is 0.877. The lowest BCUT2D eigenvalue weighted by Crippen LogP contribution is -2.29. The molecule has 0 aromatic heterocycles. The third kappa shape index (κ3) is 5.73. The molecule has 0 aliphatic carbocycles. The average molecular weight is 309 g/mol. The van der Waals surface area contributed by atoms with Crippen LogP contribution in [0, 0.1) is 5.41 Å². The number of aliphatic hydroxyl groups is 1. The molecule has 1 aromatic carbocycles. The lowest BCUT2D eigenvalue weighted by Gasteiger charge is -2.21. The van der Waals surface area contributed by atoms with Gasteiger partial charge in [-0.15, -0.1) is 0 Å². The second-order valence-corrected chi connectivity index (χ2v) is 5.73. The Morgan fingerprint density at radius 1 is 1.27 bits per heavy atom. The zero-order chi connectivity index (χ0) is 16.6. The van der Waals surface area contributed by atoms with Gasteiger partial charge < -0.3 is 19.9 Å². The highest BCUT2D eigenvalue weighted by molar-refractivity contribution is 5.93. The van der Waals surface area contributed by atoms with E-state index in [1.54, 1.807) is 12.1 Å². The lowest BCUT2D eigenvalue weighted by molar-refractivity contribution is 0.0598. The number of methoxy groups -OCH3 is 1. The minimum atomic E-state index is -0.627. The Morgan fingerprint density at radius 2 is 1.95 bits per heavy atom. The summed E-state index contributed by atoms with van der Waals surface area (Å²) in [5.41, 5.74) is 0.0323.